The number of piperidine rings is 1. The van der Waals surface area contributed by atoms with Crippen LogP contribution in [0.25, 0.3) is 0 Å². The van der Waals surface area contributed by atoms with Crippen molar-refractivity contribution in [2.24, 2.45) is 5.92 Å². The lowest BCUT2D eigenvalue weighted by atomic mass is 9.87. The van der Waals surface area contributed by atoms with Crippen LogP contribution in [-0.4, -0.2) is 13.1 Å². The molecule has 1 unspecified atom stereocenters. The normalized spacial score (nSPS) is 23.7. The largest absolute Gasteiger partial charge is 0.316 e. The van der Waals surface area contributed by atoms with E-state index in [2.05, 4.69) is 33.4 Å². The van der Waals surface area contributed by atoms with E-state index >= 15 is 0 Å². The van der Waals surface area contributed by atoms with Gasteiger partial charge >= 0.3 is 0 Å². The maximum Gasteiger partial charge on any atom is 0.0212 e. The Morgan fingerprint density at radius 1 is 1.17 bits per heavy atom. The van der Waals surface area contributed by atoms with Crippen molar-refractivity contribution >= 4 is 15.9 Å². The maximum atomic E-state index is 3.78. The highest BCUT2D eigenvalue weighted by Gasteiger charge is 2.17. The summed E-state index contributed by atoms with van der Waals surface area (Å²) in [5.74, 6) is 0.840. The van der Waals surface area contributed by atoms with Crippen LogP contribution < -0.4 is 5.32 Å². The van der Waals surface area contributed by atoms with Crippen molar-refractivity contribution in [3.8, 4) is 0 Å². The van der Waals surface area contributed by atoms with Crippen molar-refractivity contribution in [2.45, 2.75) is 44.9 Å². The fourth-order valence-electron chi connectivity index (χ4n) is 3.43. The Hall–Kier alpha value is -0.340. The van der Waals surface area contributed by atoms with E-state index in [9.17, 15) is 0 Å². The molecule has 1 atom stereocenters. The molecule has 0 bridgehead atoms. The van der Waals surface area contributed by atoms with Crippen molar-refractivity contribution in [3.63, 3.8) is 0 Å². The second-order valence-corrected chi connectivity index (χ2v) is 6.69. The monoisotopic (exact) mass is 307 g/mol. The van der Waals surface area contributed by atoms with Gasteiger partial charge in [0.05, 0.1) is 0 Å². The van der Waals surface area contributed by atoms with Crippen LogP contribution >= 0.6 is 15.9 Å². The molecule has 1 aliphatic carbocycles. The first kappa shape index (κ1) is 12.7. The van der Waals surface area contributed by atoms with E-state index in [1.54, 1.807) is 11.1 Å². The first-order valence-corrected chi connectivity index (χ1v) is 8.13. The third-order valence-corrected chi connectivity index (χ3v) is 5.10. The number of nitrogens with one attached hydrogen (secondary N) is 1. The summed E-state index contributed by atoms with van der Waals surface area (Å²) in [6.45, 7) is 2.42. The second kappa shape index (κ2) is 5.75. The molecular formula is C16H22BrN. The van der Waals surface area contributed by atoms with Gasteiger partial charge in [0.25, 0.3) is 0 Å². The standard InChI is InChI=1S/C16H22BrN/c17-16-10-13(8-12-4-3-7-18-11-12)9-14-5-1-2-6-15(14)16/h9-10,12,18H,1-8,11H2. The van der Waals surface area contributed by atoms with Crippen LogP contribution in [-0.2, 0) is 19.3 Å². The van der Waals surface area contributed by atoms with Crippen molar-refractivity contribution in [2.75, 3.05) is 13.1 Å². The molecule has 0 spiro atoms. The molecular weight excluding hydrogens is 286 g/mol. The Balaban J connectivity index is 1.77. The summed E-state index contributed by atoms with van der Waals surface area (Å²) < 4.78 is 1.36. The number of hydrogen-bond donors (Lipinski definition) is 1. The van der Waals surface area contributed by atoms with Crippen LogP contribution in [0.4, 0.5) is 0 Å². The van der Waals surface area contributed by atoms with Crippen molar-refractivity contribution in [3.05, 3.63) is 33.3 Å². The number of rotatable bonds is 2. The smallest absolute Gasteiger partial charge is 0.0212 e. The molecule has 1 saturated heterocycles. The van der Waals surface area contributed by atoms with Crippen molar-refractivity contribution in [1.82, 2.24) is 5.32 Å². The zero-order chi connectivity index (χ0) is 12.4. The van der Waals surface area contributed by atoms with Gasteiger partial charge in [0, 0.05) is 4.47 Å². The van der Waals surface area contributed by atoms with Crippen LogP contribution in [0.1, 0.15) is 42.4 Å². The molecule has 1 aliphatic heterocycles. The molecule has 1 fully saturated rings. The van der Waals surface area contributed by atoms with E-state index in [1.165, 1.54) is 68.1 Å². The number of halogens is 1. The summed E-state index contributed by atoms with van der Waals surface area (Å²) in [5.41, 5.74) is 4.72. The molecule has 2 heteroatoms. The Morgan fingerprint density at radius 2 is 2.06 bits per heavy atom. The van der Waals surface area contributed by atoms with Crippen LogP contribution in [0, 0.1) is 5.92 Å². The number of aryl methyl sites for hydroxylation is 1. The number of benzene rings is 1. The van der Waals surface area contributed by atoms with Crippen molar-refractivity contribution in [1.29, 1.82) is 0 Å². The topological polar surface area (TPSA) is 12.0 Å². The fourth-order valence-corrected chi connectivity index (χ4v) is 4.17. The molecule has 2 aliphatic rings. The first-order chi connectivity index (χ1) is 8.83. The van der Waals surface area contributed by atoms with Gasteiger partial charge in [0.1, 0.15) is 0 Å². The van der Waals surface area contributed by atoms with Gasteiger partial charge in [0.2, 0.25) is 0 Å². The first-order valence-electron chi connectivity index (χ1n) is 7.34. The molecule has 1 nitrogen and oxygen atoms in total. The maximum absolute atomic E-state index is 3.78. The molecule has 0 amide bonds. The van der Waals surface area contributed by atoms with Gasteiger partial charge in [-0.05, 0) is 86.7 Å². The fraction of sp³-hybridized carbons (Fsp3) is 0.625. The molecule has 98 valence electrons. The quantitative estimate of drug-likeness (QED) is 0.874. The Kier molecular flexibility index (Phi) is 4.05. The lowest BCUT2D eigenvalue weighted by Gasteiger charge is -2.24. The summed E-state index contributed by atoms with van der Waals surface area (Å²) in [4.78, 5) is 0. The van der Waals surface area contributed by atoms with Gasteiger partial charge in [-0.15, -0.1) is 0 Å². The summed E-state index contributed by atoms with van der Waals surface area (Å²) in [6.07, 6.45) is 9.26. The molecule has 1 aromatic carbocycles. The molecule has 0 aromatic heterocycles. The minimum absolute atomic E-state index is 0.840. The predicted molar refractivity (Wildman–Crippen MR) is 80.1 cm³/mol. The average Bonchev–Trinajstić information content (AvgIpc) is 2.40. The lowest BCUT2D eigenvalue weighted by molar-refractivity contribution is 0.376. The number of hydrogen-bond acceptors (Lipinski definition) is 1. The van der Waals surface area contributed by atoms with E-state index in [4.69, 9.17) is 0 Å². The predicted octanol–water partition coefficient (Wildman–Crippen LogP) is 3.87. The summed E-state index contributed by atoms with van der Waals surface area (Å²) in [6, 6.07) is 4.85. The van der Waals surface area contributed by atoms with Crippen LogP contribution in [0.5, 0.6) is 0 Å². The molecule has 18 heavy (non-hydrogen) atoms. The highest BCUT2D eigenvalue weighted by Crippen LogP contribution is 2.31. The van der Waals surface area contributed by atoms with E-state index in [0.717, 1.165) is 5.92 Å². The minimum atomic E-state index is 0.840. The zero-order valence-corrected chi connectivity index (χ0v) is 12.6. The third-order valence-electron chi connectivity index (χ3n) is 4.39. The Bertz CT molecular complexity index is 421. The van der Waals surface area contributed by atoms with E-state index in [1.807, 2.05) is 0 Å². The Morgan fingerprint density at radius 3 is 2.89 bits per heavy atom. The van der Waals surface area contributed by atoms with Gasteiger partial charge in [-0.25, -0.2) is 0 Å². The summed E-state index contributed by atoms with van der Waals surface area (Å²) >= 11 is 3.78. The molecule has 1 N–H and O–H groups in total. The zero-order valence-electron chi connectivity index (χ0n) is 11.0. The molecule has 1 heterocycles. The van der Waals surface area contributed by atoms with Crippen molar-refractivity contribution < 1.29 is 0 Å². The average molecular weight is 308 g/mol. The highest BCUT2D eigenvalue weighted by atomic mass is 79.9. The van der Waals surface area contributed by atoms with Gasteiger partial charge < -0.3 is 5.32 Å². The van der Waals surface area contributed by atoms with E-state index in [-0.39, 0.29) is 0 Å². The van der Waals surface area contributed by atoms with Crippen LogP contribution in [0.2, 0.25) is 0 Å². The molecule has 0 radical (unpaired) electrons. The highest BCUT2D eigenvalue weighted by molar-refractivity contribution is 9.10. The second-order valence-electron chi connectivity index (χ2n) is 5.84. The third kappa shape index (κ3) is 2.80. The van der Waals surface area contributed by atoms with E-state index < -0.39 is 0 Å². The SMILES string of the molecule is Brc1cc(CC2CCCNC2)cc2c1CCCC2. The van der Waals surface area contributed by atoms with Gasteiger partial charge in [0.15, 0.2) is 0 Å². The van der Waals surface area contributed by atoms with E-state index in [0.29, 0.717) is 0 Å². The van der Waals surface area contributed by atoms with Crippen LogP contribution in [0.3, 0.4) is 0 Å². The Labute approximate surface area is 118 Å². The molecule has 0 saturated carbocycles. The summed E-state index contributed by atoms with van der Waals surface area (Å²) in [5, 5.41) is 3.52. The van der Waals surface area contributed by atoms with Gasteiger partial charge in [-0.3, -0.25) is 0 Å². The van der Waals surface area contributed by atoms with Crippen LogP contribution in [0.15, 0.2) is 16.6 Å². The molecule has 3 rings (SSSR count). The summed E-state index contributed by atoms with van der Waals surface area (Å²) in [7, 11) is 0. The van der Waals surface area contributed by atoms with Gasteiger partial charge in [-0.2, -0.15) is 0 Å². The van der Waals surface area contributed by atoms with Gasteiger partial charge in [-0.1, -0.05) is 22.0 Å². The lowest BCUT2D eigenvalue weighted by Crippen LogP contribution is -2.30. The number of fused-ring (bicyclic) bond motifs is 1. The minimum Gasteiger partial charge on any atom is -0.316 e. The molecule has 1 aromatic rings.